The average Bonchev–Trinajstić information content (AvgIpc) is 1.82. The summed E-state index contributed by atoms with van der Waals surface area (Å²) in [5.74, 6) is 0.381. The molecule has 0 spiro atoms. The molecule has 0 aromatic carbocycles. The van der Waals surface area contributed by atoms with E-state index in [2.05, 4.69) is 20.8 Å². The summed E-state index contributed by atoms with van der Waals surface area (Å²) >= 11 is 0. The third-order valence-corrected chi connectivity index (χ3v) is 2.63. The van der Waals surface area contributed by atoms with Gasteiger partial charge in [0.1, 0.15) is 0 Å². The Morgan fingerprint density at radius 2 is 1.83 bits per heavy atom. The van der Waals surface area contributed by atoms with E-state index in [0.29, 0.717) is 19.0 Å². The molecule has 0 aliphatic carbocycles. The van der Waals surface area contributed by atoms with Crippen LogP contribution in [0.25, 0.3) is 0 Å². The van der Waals surface area contributed by atoms with E-state index in [1.165, 1.54) is 5.06 Å². The Morgan fingerprint density at radius 1 is 1.25 bits per heavy atom. The van der Waals surface area contributed by atoms with Crippen molar-refractivity contribution in [2.45, 2.75) is 33.3 Å². The second kappa shape index (κ2) is 3.32. The second-order valence-electron chi connectivity index (χ2n) is 4.82. The van der Waals surface area contributed by atoms with E-state index in [9.17, 15) is 10.3 Å². The number of nitrogens with zero attached hydrogens (tertiary/aromatic N) is 1. The SMILES string of the molecule is CC(C)(C)C1CC(O)CN(O)C1. The third kappa shape index (κ3) is 2.44. The highest BCUT2D eigenvalue weighted by Gasteiger charge is 2.32. The standard InChI is InChI=1S/C9H19NO2/c1-9(2,3)7-4-8(11)6-10(12)5-7/h7-8,11-12H,4-6H2,1-3H3. The lowest BCUT2D eigenvalue weighted by Crippen LogP contribution is -2.45. The molecule has 1 heterocycles. The molecule has 0 aromatic heterocycles. The average molecular weight is 173 g/mol. The quantitative estimate of drug-likeness (QED) is 0.576. The van der Waals surface area contributed by atoms with Gasteiger partial charge in [-0.05, 0) is 17.8 Å². The number of β-amino-alcohol motifs (C(OH)–C–C–N with tert-alkyl or cyclic N) is 1. The normalized spacial score (nSPS) is 33.8. The molecule has 0 amide bonds. The smallest absolute Gasteiger partial charge is 0.0693 e. The molecule has 72 valence electrons. The van der Waals surface area contributed by atoms with E-state index < -0.39 is 0 Å². The van der Waals surface area contributed by atoms with Crippen LogP contribution in [0.1, 0.15) is 27.2 Å². The molecule has 1 saturated heterocycles. The van der Waals surface area contributed by atoms with Crippen molar-refractivity contribution in [1.82, 2.24) is 5.06 Å². The highest BCUT2D eigenvalue weighted by atomic mass is 16.5. The molecule has 3 heteroatoms. The van der Waals surface area contributed by atoms with Gasteiger partial charge in [0.15, 0.2) is 0 Å². The van der Waals surface area contributed by atoms with E-state index in [1.807, 2.05) is 0 Å². The van der Waals surface area contributed by atoms with E-state index in [4.69, 9.17) is 0 Å². The Balaban J connectivity index is 2.55. The maximum absolute atomic E-state index is 9.41. The third-order valence-electron chi connectivity index (χ3n) is 2.63. The van der Waals surface area contributed by atoms with Gasteiger partial charge in [-0.1, -0.05) is 20.8 Å². The van der Waals surface area contributed by atoms with Gasteiger partial charge in [0.05, 0.1) is 6.10 Å². The van der Waals surface area contributed by atoms with Gasteiger partial charge in [0.2, 0.25) is 0 Å². The van der Waals surface area contributed by atoms with Gasteiger partial charge >= 0.3 is 0 Å². The number of hydrogen-bond donors (Lipinski definition) is 2. The van der Waals surface area contributed by atoms with Crippen molar-refractivity contribution in [2.75, 3.05) is 13.1 Å². The molecule has 1 aliphatic heterocycles. The summed E-state index contributed by atoms with van der Waals surface area (Å²) < 4.78 is 0. The number of hydrogen-bond acceptors (Lipinski definition) is 3. The summed E-state index contributed by atoms with van der Waals surface area (Å²) in [4.78, 5) is 0. The molecular weight excluding hydrogens is 154 g/mol. The van der Waals surface area contributed by atoms with Gasteiger partial charge in [-0.25, -0.2) is 0 Å². The molecule has 1 fully saturated rings. The van der Waals surface area contributed by atoms with E-state index in [0.717, 1.165) is 6.42 Å². The fraction of sp³-hybridized carbons (Fsp3) is 1.00. The minimum absolute atomic E-state index is 0.169. The molecule has 0 saturated carbocycles. The first kappa shape index (κ1) is 9.96. The number of hydroxylamine groups is 2. The topological polar surface area (TPSA) is 43.7 Å². The van der Waals surface area contributed by atoms with Crippen molar-refractivity contribution >= 4 is 0 Å². The predicted molar refractivity (Wildman–Crippen MR) is 46.9 cm³/mol. The molecule has 2 atom stereocenters. The maximum Gasteiger partial charge on any atom is 0.0693 e. The lowest BCUT2D eigenvalue weighted by Gasteiger charge is -2.39. The number of aliphatic hydroxyl groups excluding tert-OH is 1. The van der Waals surface area contributed by atoms with Crippen LogP contribution in [-0.4, -0.2) is 34.6 Å². The van der Waals surface area contributed by atoms with Gasteiger partial charge < -0.3 is 10.3 Å². The molecule has 0 bridgehead atoms. The van der Waals surface area contributed by atoms with Crippen LogP contribution in [0.5, 0.6) is 0 Å². The summed E-state index contributed by atoms with van der Waals surface area (Å²) in [6, 6.07) is 0. The van der Waals surface area contributed by atoms with Crippen LogP contribution >= 0.6 is 0 Å². The molecule has 1 aliphatic rings. The van der Waals surface area contributed by atoms with Crippen molar-refractivity contribution in [2.24, 2.45) is 11.3 Å². The van der Waals surface area contributed by atoms with Crippen LogP contribution in [0.2, 0.25) is 0 Å². The molecule has 3 nitrogen and oxygen atoms in total. The number of aliphatic hydroxyl groups is 1. The minimum atomic E-state index is -0.368. The molecular formula is C9H19NO2. The van der Waals surface area contributed by atoms with E-state index in [1.54, 1.807) is 0 Å². The zero-order valence-electron chi connectivity index (χ0n) is 8.12. The Hall–Kier alpha value is -0.120. The molecule has 2 N–H and O–H groups in total. The van der Waals surface area contributed by atoms with Crippen LogP contribution in [0.3, 0.4) is 0 Å². The minimum Gasteiger partial charge on any atom is -0.392 e. The highest BCUT2D eigenvalue weighted by molar-refractivity contribution is 4.82. The summed E-state index contributed by atoms with van der Waals surface area (Å²) in [6.07, 6.45) is 0.438. The number of rotatable bonds is 0. The van der Waals surface area contributed by atoms with Gasteiger partial charge in [0.25, 0.3) is 0 Å². The fourth-order valence-corrected chi connectivity index (χ4v) is 1.68. The summed E-state index contributed by atoms with van der Waals surface area (Å²) in [5.41, 5.74) is 0.169. The fourth-order valence-electron chi connectivity index (χ4n) is 1.68. The summed E-state index contributed by atoms with van der Waals surface area (Å²) in [5, 5.41) is 19.9. The second-order valence-corrected chi connectivity index (χ2v) is 4.82. The van der Waals surface area contributed by atoms with Crippen molar-refractivity contribution < 1.29 is 10.3 Å². The number of piperidine rings is 1. The summed E-state index contributed by atoms with van der Waals surface area (Å²) in [7, 11) is 0. The predicted octanol–water partition coefficient (Wildman–Crippen LogP) is 1.10. The molecule has 0 aromatic rings. The first-order valence-electron chi connectivity index (χ1n) is 4.51. The molecule has 1 rings (SSSR count). The summed E-state index contributed by atoms with van der Waals surface area (Å²) in [6.45, 7) is 7.50. The molecule has 2 unspecified atom stereocenters. The largest absolute Gasteiger partial charge is 0.392 e. The Labute approximate surface area is 74.0 Å². The Kier molecular flexibility index (Phi) is 2.76. The Bertz CT molecular complexity index is 143. The van der Waals surface area contributed by atoms with Gasteiger partial charge in [-0.15, -0.1) is 0 Å². The van der Waals surface area contributed by atoms with Crippen LogP contribution in [0.15, 0.2) is 0 Å². The zero-order chi connectivity index (χ0) is 9.35. The van der Waals surface area contributed by atoms with E-state index in [-0.39, 0.29) is 11.5 Å². The van der Waals surface area contributed by atoms with Crippen LogP contribution in [-0.2, 0) is 0 Å². The lowest BCUT2D eigenvalue weighted by atomic mass is 9.76. The Morgan fingerprint density at radius 3 is 2.25 bits per heavy atom. The molecule has 12 heavy (non-hydrogen) atoms. The van der Waals surface area contributed by atoms with Crippen LogP contribution in [0, 0.1) is 11.3 Å². The van der Waals surface area contributed by atoms with Crippen molar-refractivity contribution in [3.8, 4) is 0 Å². The first-order valence-corrected chi connectivity index (χ1v) is 4.51. The van der Waals surface area contributed by atoms with Crippen molar-refractivity contribution in [3.63, 3.8) is 0 Å². The van der Waals surface area contributed by atoms with Crippen LogP contribution < -0.4 is 0 Å². The van der Waals surface area contributed by atoms with Gasteiger partial charge in [-0.3, -0.25) is 0 Å². The lowest BCUT2D eigenvalue weighted by molar-refractivity contribution is -0.159. The van der Waals surface area contributed by atoms with Crippen molar-refractivity contribution in [1.29, 1.82) is 0 Å². The monoisotopic (exact) mass is 173 g/mol. The van der Waals surface area contributed by atoms with Crippen LogP contribution in [0.4, 0.5) is 0 Å². The molecule has 0 radical (unpaired) electrons. The first-order chi connectivity index (χ1) is 5.39. The zero-order valence-corrected chi connectivity index (χ0v) is 8.12. The van der Waals surface area contributed by atoms with Gasteiger partial charge in [0, 0.05) is 13.1 Å². The van der Waals surface area contributed by atoms with E-state index >= 15 is 0 Å². The highest BCUT2D eigenvalue weighted by Crippen LogP contribution is 2.32. The van der Waals surface area contributed by atoms with Crippen molar-refractivity contribution in [3.05, 3.63) is 0 Å². The maximum atomic E-state index is 9.41. The van der Waals surface area contributed by atoms with Gasteiger partial charge in [-0.2, -0.15) is 5.06 Å².